The highest BCUT2D eigenvalue weighted by Crippen LogP contribution is 2.13. The average molecular weight is 403 g/mol. The largest absolute Gasteiger partial charge is 0.350 e. The van der Waals surface area contributed by atoms with E-state index in [1.807, 2.05) is 0 Å². The van der Waals surface area contributed by atoms with E-state index in [1.165, 1.54) is 18.2 Å². The zero-order valence-corrected chi connectivity index (χ0v) is 15.6. The molecule has 0 aromatic heterocycles. The minimum Gasteiger partial charge on any atom is -0.350 e. The second-order valence-corrected chi connectivity index (χ2v) is 8.06. The first-order valence-corrected chi connectivity index (χ1v) is 9.99. The van der Waals surface area contributed by atoms with Crippen molar-refractivity contribution in [3.63, 3.8) is 0 Å². The third-order valence-electron chi connectivity index (χ3n) is 3.81. The predicted molar refractivity (Wildman–Crippen MR) is 100 cm³/mol. The topological polar surface area (TPSA) is 116 Å². The molecule has 9 heteroatoms. The molecule has 2 aromatic carbocycles. The van der Waals surface area contributed by atoms with Gasteiger partial charge in [0.05, 0.1) is 11.8 Å². The van der Waals surface area contributed by atoms with E-state index in [9.17, 15) is 22.4 Å². The molecule has 1 atom stereocenters. The second kappa shape index (κ2) is 9.62. The van der Waals surface area contributed by atoms with Crippen LogP contribution in [0.1, 0.15) is 15.9 Å². The Labute approximate surface area is 162 Å². The first-order chi connectivity index (χ1) is 13.3. The second-order valence-electron chi connectivity index (χ2n) is 5.88. The first-order valence-electron chi connectivity index (χ1n) is 8.27. The molecule has 0 spiro atoms. The van der Waals surface area contributed by atoms with Gasteiger partial charge >= 0.3 is 0 Å². The average Bonchev–Trinajstić information content (AvgIpc) is 2.66. The number of hydrogen-bond donors (Lipinski definition) is 2. The van der Waals surface area contributed by atoms with Gasteiger partial charge in [-0.25, -0.2) is 12.8 Å². The van der Waals surface area contributed by atoms with Gasteiger partial charge in [-0.1, -0.05) is 30.3 Å². The number of nitrogens with zero attached hydrogens (tertiary/aromatic N) is 1. The number of amides is 2. The number of halogens is 1. The Morgan fingerprint density at radius 2 is 1.79 bits per heavy atom. The molecular formula is C19H18FN3O4S. The van der Waals surface area contributed by atoms with Crippen LogP contribution in [0, 0.1) is 17.1 Å². The molecule has 146 valence electrons. The molecular weight excluding hydrogens is 385 g/mol. The van der Waals surface area contributed by atoms with Gasteiger partial charge < -0.3 is 10.6 Å². The van der Waals surface area contributed by atoms with Crippen LogP contribution in [0.15, 0.2) is 54.6 Å². The van der Waals surface area contributed by atoms with E-state index in [-0.39, 0.29) is 12.1 Å². The molecule has 0 saturated heterocycles. The summed E-state index contributed by atoms with van der Waals surface area (Å²) in [5, 5.41) is 11.6. The van der Waals surface area contributed by atoms with Gasteiger partial charge in [-0.3, -0.25) is 9.59 Å². The summed E-state index contributed by atoms with van der Waals surface area (Å²) >= 11 is 0. The van der Waals surface area contributed by atoms with Crippen LogP contribution in [0.5, 0.6) is 0 Å². The fourth-order valence-electron chi connectivity index (χ4n) is 2.46. The van der Waals surface area contributed by atoms with Crippen molar-refractivity contribution in [2.24, 2.45) is 0 Å². The number of nitrogens with one attached hydrogen (secondary N) is 2. The van der Waals surface area contributed by atoms with E-state index in [4.69, 9.17) is 5.26 Å². The molecule has 0 fully saturated rings. The smallest absolute Gasteiger partial charge is 0.251 e. The van der Waals surface area contributed by atoms with Crippen LogP contribution in [0.25, 0.3) is 0 Å². The van der Waals surface area contributed by atoms with Crippen molar-refractivity contribution in [2.45, 2.75) is 11.0 Å². The Morgan fingerprint density at radius 3 is 2.43 bits per heavy atom. The number of sulfone groups is 1. The molecule has 0 heterocycles. The van der Waals surface area contributed by atoms with Crippen molar-refractivity contribution in [2.75, 3.05) is 13.1 Å². The number of hydrogen-bond acceptors (Lipinski definition) is 5. The van der Waals surface area contributed by atoms with Crippen LogP contribution in [0.3, 0.4) is 0 Å². The summed E-state index contributed by atoms with van der Waals surface area (Å²) < 4.78 is 38.8. The molecule has 2 N–H and O–H groups in total. The fourth-order valence-corrected chi connectivity index (χ4v) is 4.05. The Balaban J connectivity index is 2.19. The summed E-state index contributed by atoms with van der Waals surface area (Å²) in [5.74, 6) is -2.64. The zero-order valence-electron chi connectivity index (χ0n) is 14.8. The van der Waals surface area contributed by atoms with Gasteiger partial charge in [-0.05, 0) is 29.8 Å². The molecule has 1 unspecified atom stereocenters. The number of benzene rings is 2. The lowest BCUT2D eigenvalue weighted by molar-refractivity contribution is -0.120. The van der Waals surface area contributed by atoms with E-state index in [0.717, 1.165) is 6.07 Å². The summed E-state index contributed by atoms with van der Waals surface area (Å²) in [4.78, 5) is 24.5. The molecule has 0 aliphatic carbocycles. The van der Waals surface area contributed by atoms with Crippen LogP contribution in [0.2, 0.25) is 0 Å². The molecule has 28 heavy (non-hydrogen) atoms. The maximum atomic E-state index is 13.3. The predicted octanol–water partition coefficient (Wildman–Crippen LogP) is 1.18. The lowest BCUT2D eigenvalue weighted by Gasteiger charge is -2.17. The molecule has 0 bridgehead atoms. The summed E-state index contributed by atoms with van der Waals surface area (Å²) in [6.07, 6.45) is 0. The van der Waals surface area contributed by atoms with E-state index in [0.29, 0.717) is 5.56 Å². The molecule has 2 rings (SSSR count). The van der Waals surface area contributed by atoms with Gasteiger partial charge in [0.1, 0.15) is 12.4 Å². The maximum absolute atomic E-state index is 13.3. The summed E-state index contributed by atoms with van der Waals surface area (Å²) in [6, 6.07) is 14.8. The highest BCUT2D eigenvalue weighted by atomic mass is 32.2. The number of rotatable bonds is 8. The quantitative estimate of drug-likeness (QED) is 0.642. The lowest BCUT2D eigenvalue weighted by Crippen LogP contribution is -2.47. The minimum atomic E-state index is -4.10. The summed E-state index contributed by atoms with van der Waals surface area (Å²) in [6.45, 7) is -0.861. The van der Waals surface area contributed by atoms with Gasteiger partial charge in [0.2, 0.25) is 5.91 Å². The van der Waals surface area contributed by atoms with E-state index >= 15 is 0 Å². The normalized spacial score (nSPS) is 11.9. The molecule has 2 amide bonds. The first kappa shape index (κ1) is 21.1. The van der Waals surface area contributed by atoms with Crippen molar-refractivity contribution in [3.8, 4) is 6.07 Å². The van der Waals surface area contributed by atoms with Crippen LogP contribution >= 0.6 is 0 Å². The summed E-state index contributed by atoms with van der Waals surface area (Å²) in [5.41, 5.74) is 0.480. The highest BCUT2D eigenvalue weighted by molar-refractivity contribution is 7.92. The van der Waals surface area contributed by atoms with Crippen LogP contribution in [-0.4, -0.2) is 38.6 Å². The van der Waals surface area contributed by atoms with Crippen molar-refractivity contribution < 1.29 is 22.4 Å². The number of nitriles is 1. The van der Waals surface area contributed by atoms with Gasteiger partial charge in [0.25, 0.3) is 5.91 Å². The molecule has 0 aliphatic heterocycles. The molecule has 0 aliphatic rings. The Hall–Kier alpha value is -3.25. The van der Waals surface area contributed by atoms with Crippen LogP contribution < -0.4 is 10.6 Å². The van der Waals surface area contributed by atoms with Crippen LogP contribution in [0.4, 0.5) is 4.39 Å². The lowest BCUT2D eigenvalue weighted by atomic mass is 10.2. The standard InChI is InChI=1S/C19H18FN3O4S/c20-16-8-4-5-14(11-16)13-28(26,27)17(19(25)22-10-9-21)12-23-18(24)15-6-2-1-3-7-15/h1-8,11,17H,10,12-13H2,(H,22,25)(H,23,24). The van der Waals surface area contributed by atoms with Gasteiger partial charge in [-0.15, -0.1) is 0 Å². The molecule has 7 nitrogen and oxygen atoms in total. The fraction of sp³-hybridized carbons (Fsp3) is 0.211. The van der Waals surface area contributed by atoms with Crippen LogP contribution in [-0.2, 0) is 20.4 Å². The summed E-state index contributed by atoms with van der Waals surface area (Å²) in [7, 11) is -4.10. The highest BCUT2D eigenvalue weighted by Gasteiger charge is 2.33. The van der Waals surface area contributed by atoms with E-state index in [1.54, 1.807) is 36.4 Å². The molecule has 0 radical (unpaired) electrons. The van der Waals surface area contributed by atoms with Gasteiger partial charge in [0, 0.05) is 12.1 Å². The third kappa shape index (κ3) is 5.89. The maximum Gasteiger partial charge on any atom is 0.251 e. The third-order valence-corrected chi connectivity index (χ3v) is 5.79. The molecule has 2 aromatic rings. The van der Waals surface area contributed by atoms with Crippen molar-refractivity contribution in [1.82, 2.24) is 10.6 Å². The van der Waals surface area contributed by atoms with Crippen molar-refractivity contribution in [3.05, 3.63) is 71.5 Å². The Kier molecular flexibility index (Phi) is 7.23. The Morgan fingerprint density at radius 1 is 1.07 bits per heavy atom. The van der Waals surface area contributed by atoms with Gasteiger partial charge in [0.15, 0.2) is 15.1 Å². The molecule has 0 saturated carbocycles. The number of carbonyl (C=O) groups is 2. The number of carbonyl (C=O) groups excluding carboxylic acids is 2. The van der Waals surface area contributed by atoms with Crippen molar-refractivity contribution >= 4 is 21.7 Å². The minimum absolute atomic E-state index is 0.174. The SMILES string of the molecule is N#CCNC(=O)C(CNC(=O)c1ccccc1)S(=O)(=O)Cc1cccc(F)c1. The van der Waals surface area contributed by atoms with E-state index < -0.39 is 45.0 Å². The monoisotopic (exact) mass is 403 g/mol. The van der Waals surface area contributed by atoms with Crippen molar-refractivity contribution in [1.29, 1.82) is 5.26 Å². The van der Waals surface area contributed by atoms with E-state index in [2.05, 4.69) is 10.6 Å². The van der Waals surface area contributed by atoms with Gasteiger partial charge in [-0.2, -0.15) is 5.26 Å². The Bertz CT molecular complexity index is 988. The zero-order chi connectivity index (χ0) is 20.6.